The molecule has 0 aliphatic heterocycles. The molecule has 0 saturated heterocycles. The molecule has 0 aliphatic carbocycles. The van der Waals surface area contributed by atoms with Gasteiger partial charge in [0.2, 0.25) is 5.89 Å². The maximum Gasteiger partial charge on any atom is 0.283 e. The number of furan rings is 1. The summed E-state index contributed by atoms with van der Waals surface area (Å²) in [6.45, 7) is 4.48. The van der Waals surface area contributed by atoms with Gasteiger partial charge < -0.3 is 13.9 Å². The minimum atomic E-state index is 0.187. The summed E-state index contributed by atoms with van der Waals surface area (Å²) in [5.41, 5.74) is 0. The van der Waals surface area contributed by atoms with Gasteiger partial charge >= 0.3 is 0 Å². The van der Waals surface area contributed by atoms with E-state index in [1.54, 1.807) is 12.1 Å². The van der Waals surface area contributed by atoms with Gasteiger partial charge in [0.1, 0.15) is 0 Å². The molecule has 2 heterocycles. The molecule has 0 unspecified atom stereocenters. The summed E-state index contributed by atoms with van der Waals surface area (Å²) in [7, 11) is 0. The Bertz CT molecular complexity index is 512. The van der Waals surface area contributed by atoms with Crippen LogP contribution < -0.4 is 0 Å². The summed E-state index contributed by atoms with van der Waals surface area (Å²) >= 11 is 3.23. The van der Waals surface area contributed by atoms with E-state index in [0.717, 1.165) is 19.5 Å². The van der Waals surface area contributed by atoms with E-state index < -0.39 is 0 Å². The van der Waals surface area contributed by atoms with Crippen LogP contribution in [0.1, 0.15) is 19.2 Å². The van der Waals surface area contributed by atoms with Gasteiger partial charge in [-0.2, -0.15) is 0 Å². The van der Waals surface area contributed by atoms with E-state index in [1.807, 2.05) is 0 Å². The average Bonchev–Trinajstić information content (AvgIpc) is 3.03. The molecule has 2 aromatic rings. The molecule has 104 valence electrons. The van der Waals surface area contributed by atoms with Crippen LogP contribution in [-0.4, -0.2) is 39.9 Å². The SMILES string of the molecule is CCN(CCCO)Cc1nnc(-c2ccc(Br)o2)o1. The van der Waals surface area contributed by atoms with Crippen molar-refractivity contribution in [1.82, 2.24) is 15.1 Å². The Hall–Kier alpha value is -1.18. The molecule has 0 fully saturated rings. The molecule has 7 heteroatoms. The van der Waals surface area contributed by atoms with Crippen LogP contribution in [0.5, 0.6) is 0 Å². The van der Waals surface area contributed by atoms with Crippen molar-refractivity contribution >= 4 is 15.9 Å². The number of aliphatic hydroxyl groups is 1. The fraction of sp³-hybridized carbons (Fsp3) is 0.500. The van der Waals surface area contributed by atoms with Gasteiger partial charge in [-0.15, -0.1) is 10.2 Å². The number of hydrogen-bond acceptors (Lipinski definition) is 6. The summed E-state index contributed by atoms with van der Waals surface area (Å²) < 4.78 is 11.5. The van der Waals surface area contributed by atoms with Gasteiger partial charge in [-0.05, 0) is 41.0 Å². The highest BCUT2D eigenvalue weighted by Gasteiger charge is 2.14. The van der Waals surface area contributed by atoms with Crippen molar-refractivity contribution in [2.24, 2.45) is 0 Å². The Labute approximate surface area is 119 Å². The lowest BCUT2D eigenvalue weighted by molar-refractivity contribution is 0.212. The highest BCUT2D eigenvalue weighted by Crippen LogP contribution is 2.23. The molecular weight excluding hydrogens is 314 g/mol. The molecule has 0 aliphatic rings. The maximum atomic E-state index is 8.84. The Morgan fingerprint density at radius 1 is 1.32 bits per heavy atom. The fourth-order valence-corrected chi connectivity index (χ4v) is 1.99. The Morgan fingerprint density at radius 3 is 2.79 bits per heavy atom. The van der Waals surface area contributed by atoms with Crippen LogP contribution in [0.15, 0.2) is 25.6 Å². The smallest absolute Gasteiger partial charge is 0.283 e. The van der Waals surface area contributed by atoms with Gasteiger partial charge in [-0.25, -0.2) is 0 Å². The van der Waals surface area contributed by atoms with Gasteiger partial charge in [0.05, 0.1) is 6.54 Å². The predicted octanol–water partition coefficient (Wildman–Crippen LogP) is 2.30. The van der Waals surface area contributed by atoms with E-state index in [9.17, 15) is 0 Å². The summed E-state index contributed by atoms with van der Waals surface area (Å²) in [5.74, 6) is 1.46. The molecule has 2 aromatic heterocycles. The molecule has 0 spiro atoms. The Balaban J connectivity index is 2.00. The van der Waals surface area contributed by atoms with Crippen LogP contribution in [0.2, 0.25) is 0 Å². The van der Waals surface area contributed by atoms with Crippen LogP contribution in [0, 0.1) is 0 Å². The van der Waals surface area contributed by atoms with Crippen LogP contribution in [-0.2, 0) is 6.54 Å². The van der Waals surface area contributed by atoms with Crippen LogP contribution in [0.4, 0.5) is 0 Å². The third kappa shape index (κ3) is 3.89. The second-order valence-electron chi connectivity index (χ2n) is 4.05. The van der Waals surface area contributed by atoms with Crippen molar-refractivity contribution in [2.45, 2.75) is 19.9 Å². The van der Waals surface area contributed by atoms with E-state index in [2.05, 4.69) is 38.0 Å². The number of nitrogens with zero attached hydrogens (tertiary/aromatic N) is 3. The largest absolute Gasteiger partial charge is 0.444 e. The van der Waals surface area contributed by atoms with E-state index in [-0.39, 0.29) is 6.61 Å². The number of halogens is 1. The van der Waals surface area contributed by atoms with Gasteiger partial charge in [0.25, 0.3) is 5.89 Å². The summed E-state index contributed by atoms with van der Waals surface area (Å²) in [6.07, 6.45) is 0.736. The zero-order valence-electron chi connectivity index (χ0n) is 10.7. The number of hydrogen-bond donors (Lipinski definition) is 1. The van der Waals surface area contributed by atoms with Crippen molar-refractivity contribution < 1.29 is 13.9 Å². The molecule has 6 nitrogen and oxygen atoms in total. The molecule has 0 bridgehead atoms. The zero-order valence-corrected chi connectivity index (χ0v) is 12.3. The van der Waals surface area contributed by atoms with Crippen LogP contribution >= 0.6 is 15.9 Å². The van der Waals surface area contributed by atoms with Crippen molar-refractivity contribution in [2.75, 3.05) is 19.7 Å². The lowest BCUT2D eigenvalue weighted by Gasteiger charge is -2.17. The summed E-state index contributed by atoms with van der Waals surface area (Å²) in [4.78, 5) is 2.13. The molecule has 0 saturated carbocycles. The molecule has 0 aromatic carbocycles. The third-order valence-electron chi connectivity index (χ3n) is 2.69. The zero-order chi connectivity index (χ0) is 13.7. The van der Waals surface area contributed by atoms with Gasteiger partial charge in [0.15, 0.2) is 10.4 Å². The standard InChI is InChI=1S/C12H16BrN3O3/c1-2-16(6-3-7-17)8-11-14-15-12(19-11)9-4-5-10(13)18-9/h4-5,17H,2-3,6-8H2,1H3. The highest BCUT2D eigenvalue weighted by atomic mass is 79.9. The Morgan fingerprint density at radius 2 is 2.16 bits per heavy atom. The minimum Gasteiger partial charge on any atom is -0.444 e. The molecular formula is C12H16BrN3O3. The topological polar surface area (TPSA) is 75.5 Å². The molecule has 0 radical (unpaired) electrons. The molecule has 0 atom stereocenters. The molecule has 1 N–H and O–H groups in total. The van der Waals surface area contributed by atoms with Crippen LogP contribution in [0.3, 0.4) is 0 Å². The second kappa shape index (κ2) is 6.83. The van der Waals surface area contributed by atoms with Crippen molar-refractivity contribution in [3.8, 4) is 11.7 Å². The van der Waals surface area contributed by atoms with Crippen molar-refractivity contribution in [1.29, 1.82) is 0 Å². The number of aromatic nitrogens is 2. The summed E-state index contributed by atoms with van der Waals surface area (Å²) in [5, 5.41) is 16.8. The van der Waals surface area contributed by atoms with E-state index in [4.69, 9.17) is 13.9 Å². The number of rotatable bonds is 7. The molecule has 2 rings (SSSR count). The Kier molecular flexibility index (Phi) is 5.12. The first-order chi connectivity index (χ1) is 9.22. The lowest BCUT2D eigenvalue weighted by atomic mass is 10.4. The van der Waals surface area contributed by atoms with Gasteiger partial charge in [-0.3, -0.25) is 4.90 Å². The first-order valence-electron chi connectivity index (χ1n) is 6.14. The minimum absolute atomic E-state index is 0.187. The second-order valence-corrected chi connectivity index (χ2v) is 4.83. The lowest BCUT2D eigenvalue weighted by Crippen LogP contribution is -2.24. The van der Waals surface area contributed by atoms with Gasteiger partial charge in [0, 0.05) is 13.2 Å². The van der Waals surface area contributed by atoms with Crippen molar-refractivity contribution in [3.63, 3.8) is 0 Å². The first-order valence-corrected chi connectivity index (χ1v) is 6.93. The summed E-state index contributed by atoms with van der Waals surface area (Å²) in [6, 6.07) is 3.55. The van der Waals surface area contributed by atoms with E-state index in [0.29, 0.717) is 28.8 Å². The fourth-order valence-electron chi connectivity index (χ4n) is 1.68. The first kappa shape index (κ1) is 14.2. The third-order valence-corrected chi connectivity index (χ3v) is 3.12. The molecule has 0 amide bonds. The predicted molar refractivity (Wildman–Crippen MR) is 72.4 cm³/mol. The quantitative estimate of drug-likeness (QED) is 0.839. The van der Waals surface area contributed by atoms with Gasteiger partial charge in [-0.1, -0.05) is 6.92 Å². The molecule has 19 heavy (non-hydrogen) atoms. The van der Waals surface area contributed by atoms with Crippen molar-refractivity contribution in [3.05, 3.63) is 22.7 Å². The monoisotopic (exact) mass is 329 g/mol. The average molecular weight is 330 g/mol. The van der Waals surface area contributed by atoms with E-state index in [1.165, 1.54) is 0 Å². The van der Waals surface area contributed by atoms with E-state index >= 15 is 0 Å². The number of aliphatic hydroxyl groups excluding tert-OH is 1. The maximum absolute atomic E-state index is 8.84. The highest BCUT2D eigenvalue weighted by molar-refractivity contribution is 9.10. The van der Waals surface area contributed by atoms with Crippen LogP contribution in [0.25, 0.3) is 11.7 Å². The normalized spacial score (nSPS) is 11.4.